The zero-order valence-corrected chi connectivity index (χ0v) is 19.7. The molecule has 0 aromatic carbocycles. The number of hydrogen-bond donors (Lipinski definition) is 2. The number of alkyl halides is 2. The molecule has 0 radical (unpaired) electrons. The second-order valence-corrected chi connectivity index (χ2v) is 11.2. The fourth-order valence-corrected chi connectivity index (χ4v) is 5.62. The van der Waals surface area contributed by atoms with Crippen LogP contribution in [0.15, 0.2) is 24.5 Å². The van der Waals surface area contributed by atoms with E-state index in [9.17, 15) is 17.2 Å². The first-order chi connectivity index (χ1) is 16.1. The summed E-state index contributed by atoms with van der Waals surface area (Å²) in [6, 6.07) is 3.59. The monoisotopic (exact) mass is 495 g/mol. The van der Waals surface area contributed by atoms with Crippen LogP contribution in [-0.4, -0.2) is 74.9 Å². The summed E-state index contributed by atoms with van der Waals surface area (Å²) in [4.78, 5) is 4.55. The maximum absolute atomic E-state index is 13.8. The number of H-pyrrole nitrogens is 1. The molecule has 0 bridgehead atoms. The summed E-state index contributed by atoms with van der Waals surface area (Å²) in [5, 5.41) is 14.6. The van der Waals surface area contributed by atoms with Crippen LogP contribution in [0.3, 0.4) is 0 Å². The predicted molar refractivity (Wildman–Crippen MR) is 121 cm³/mol. The van der Waals surface area contributed by atoms with Crippen LogP contribution in [0.1, 0.15) is 32.6 Å². The summed E-state index contributed by atoms with van der Waals surface area (Å²) in [7, 11) is -3.23. The van der Waals surface area contributed by atoms with Crippen molar-refractivity contribution < 1.29 is 21.9 Å². The minimum absolute atomic E-state index is 0.0124. The second kappa shape index (κ2) is 8.45. The van der Waals surface area contributed by atoms with Gasteiger partial charge in [0.15, 0.2) is 5.65 Å². The van der Waals surface area contributed by atoms with E-state index < -0.39 is 22.0 Å². The van der Waals surface area contributed by atoms with Crippen molar-refractivity contribution in [3.05, 3.63) is 24.5 Å². The van der Waals surface area contributed by atoms with E-state index in [1.807, 2.05) is 13.0 Å². The third kappa shape index (κ3) is 4.58. The van der Waals surface area contributed by atoms with E-state index in [0.29, 0.717) is 42.5 Å². The Morgan fingerprint density at radius 2 is 2.12 bits per heavy atom. The Balaban J connectivity index is 1.43. The van der Waals surface area contributed by atoms with Crippen molar-refractivity contribution in [1.29, 1.82) is 0 Å². The van der Waals surface area contributed by atoms with Crippen molar-refractivity contribution in [3.63, 3.8) is 0 Å². The molecule has 1 unspecified atom stereocenters. The summed E-state index contributed by atoms with van der Waals surface area (Å²) in [6.07, 6.45) is 4.24. The van der Waals surface area contributed by atoms with Crippen molar-refractivity contribution in [2.24, 2.45) is 5.92 Å². The maximum atomic E-state index is 13.8. The first-order valence-electron chi connectivity index (χ1n) is 11.2. The molecule has 3 aromatic rings. The van der Waals surface area contributed by atoms with Gasteiger partial charge >= 0.3 is 0 Å². The smallest absolute Gasteiger partial charge is 0.251 e. The van der Waals surface area contributed by atoms with Crippen LogP contribution in [-0.2, 0) is 10.0 Å². The summed E-state index contributed by atoms with van der Waals surface area (Å²) in [6.45, 7) is 2.82. The molecule has 1 aliphatic heterocycles. The zero-order valence-electron chi connectivity index (χ0n) is 18.9. The number of hydrogen-bond acceptors (Lipinski definition) is 7. The Kier molecular flexibility index (Phi) is 5.71. The lowest BCUT2D eigenvalue weighted by Crippen LogP contribution is -2.47. The van der Waals surface area contributed by atoms with E-state index in [-0.39, 0.29) is 31.2 Å². The Morgan fingerprint density at radius 3 is 2.76 bits per heavy atom. The third-order valence-electron chi connectivity index (χ3n) is 6.55. The second-order valence-electron chi connectivity index (χ2n) is 9.22. The number of aromatic amines is 1. The molecule has 1 saturated heterocycles. The van der Waals surface area contributed by atoms with E-state index in [2.05, 4.69) is 25.6 Å². The Bertz CT molecular complexity index is 1280. The summed E-state index contributed by atoms with van der Waals surface area (Å²) in [5.41, 5.74) is 1.92. The van der Waals surface area contributed by atoms with Gasteiger partial charge in [0, 0.05) is 49.3 Å². The van der Waals surface area contributed by atoms with Crippen molar-refractivity contribution >= 4 is 21.6 Å². The molecular weight excluding hydrogens is 468 g/mol. The van der Waals surface area contributed by atoms with Gasteiger partial charge in [-0.25, -0.2) is 21.5 Å². The molecule has 2 fully saturated rings. The van der Waals surface area contributed by atoms with Crippen molar-refractivity contribution in [2.45, 2.75) is 50.7 Å². The van der Waals surface area contributed by atoms with Crippen LogP contribution in [0.5, 0.6) is 5.88 Å². The van der Waals surface area contributed by atoms with E-state index in [0.717, 1.165) is 5.56 Å². The van der Waals surface area contributed by atoms with Gasteiger partial charge in [0.05, 0.1) is 12.5 Å². The molecule has 2 aliphatic rings. The highest BCUT2D eigenvalue weighted by molar-refractivity contribution is 7.88. The minimum atomic E-state index is -3.23. The third-order valence-corrected chi connectivity index (χ3v) is 7.82. The van der Waals surface area contributed by atoms with Gasteiger partial charge in [-0.2, -0.15) is 14.6 Å². The number of nitrogens with one attached hydrogen (secondary N) is 2. The summed E-state index contributed by atoms with van der Waals surface area (Å²) in [5.74, 6) is -1.98. The number of halogens is 2. The van der Waals surface area contributed by atoms with Crippen LogP contribution in [0.25, 0.3) is 16.8 Å². The standard InChI is InChI=1S/C21H27F2N7O3S/c1-13-12-29(34(2,31)32)8-6-17(13)26-20-27-18-4-3-16(14-10-24-25-11-14)19(30(18)28-20)33-15-5-7-21(22,23)9-15/h3-4,10-11,13,15,17H,5-9,12H2,1-2H3,(H,24,25)(H,26,28)/t13-,15?,17+/m1/s1. The molecule has 1 aliphatic carbocycles. The van der Waals surface area contributed by atoms with Crippen molar-refractivity contribution in [2.75, 3.05) is 24.7 Å². The Morgan fingerprint density at radius 1 is 1.29 bits per heavy atom. The molecule has 1 saturated carbocycles. The van der Waals surface area contributed by atoms with Gasteiger partial charge < -0.3 is 10.1 Å². The molecule has 0 spiro atoms. The van der Waals surface area contributed by atoms with Crippen LogP contribution in [0.2, 0.25) is 0 Å². The highest BCUT2D eigenvalue weighted by Gasteiger charge is 2.41. The molecule has 34 heavy (non-hydrogen) atoms. The predicted octanol–water partition coefficient (Wildman–Crippen LogP) is 2.77. The van der Waals surface area contributed by atoms with E-state index >= 15 is 0 Å². The lowest BCUT2D eigenvalue weighted by atomic mass is 9.95. The lowest BCUT2D eigenvalue weighted by molar-refractivity contribution is -0.00151. The SMILES string of the molecule is C[C@@H]1CN(S(C)(=O)=O)CC[C@@H]1Nc1nc2ccc(-c3cn[nH]c3)c(OC3CCC(F)(F)C3)n2n1. The number of sulfonamides is 1. The van der Waals surface area contributed by atoms with Gasteiger partial charge in [0.25, 0.3) is 5.92 Å². The fourth-order valence-electron chi connectivity index (χ4n) is 4.67. The zero-order chi connectivity index (χ0) is 24.1. The van der Waals surface area contributed by atoms with Gasteiger partial charge in [0.2, 0.25) is 21.9 Å². The van der Waals surface area contributed by atoms with E-state index in [1.165, 1.54) is 15.1 Å². The van der Waals surface area contributed by atoms with Crippen LogP contribution in [0.4, 0.5) is 14.7 Å². The van der Waals surface area contributed by atoms with Crippen LogP contribution >= 0.6 is 0 Å². The van der Waals surface area contributed by atoms with Gasteiger partial charge in [-0.3, -0.25) is 5.10 Å². The topological polar surface area (TPSA) is 118 Å². The van der Waals surface area contributed by atoms with E-state index in [4.69, 9.17) is 4.74 Å². The Hall–Kier alpha value is -2.80. The highest BCUT2D eigenvalue weighted by Crippen LogP contribution is 2.39. The maximum Gasteiger partial charge on any atom is 0.251 e. The quantitative estimate of drug-likeness (QED) is 0.540. The molecule has 3 atom stereocenters. The summed E-state index contributed by atoms with van der Waals surface area (Å²) < 4.78 is 60.5. The number of pyridine rings is 1. The number of ether oxygens (including phenoxy) is 1. The number of fused-ring (bicyclic) bond motifs is 1. The number of rotatable bonds is 6. The average molecular weight is 496 g/mol. The minimum Gasteiger partial charge on any atom is -0.474 e. The molecule has 4 heterocycles. The number of nitrogens with zero attached hydrogens (tertiary/aromatic N) is 5. The molecule has 10 nitrogen and oxygen atoms in total. The average Bonchev–Trinajstić information content (AvgIpc) is 3.49. The number of piperidine rings is 1. The largest absolute Gasteiger partial charge is 0.474 e. The summed E-state index contributed by atoms with van der Waals surface area (Å²) >= 11 is 0. The molecule has 2 N–H and O–H groups in total. The Labute approximate surface area is 195 Å². The molecule has 0 amide bonds. The molecule has 13 heteroatoms. The van der Waals surface area contributed by atoms with Gasteiger partial charge in [-0.15, -0.1) is 5.10 Å². The van der Waals surface area contributed by atoms with Crippen molar-refractivity contribution in [1.82, 2.24) is 29.1 Å². The number of anilines is 1. The fraction of sp³-hybridized carbons (Fsp3) is 0.571. The van der Waals surface area contributed by atoms with Gasteiger partial charge in [-0.05, 0) is 30.9 Å². The van der Waals surface area contributed by atoms with Crippen LogP contribution < -0.4 is 10.1 Å². The van der Waals surface area contributed by atoms with Crippen molar-refractivity contribution in [3.8, 4) is 17.0 Å². The molecule has 3 aromatic heterocycles. The van der Waals surface area contributed by atoms with Crippen LogP contribution in [0, 0.1) is 5.92 Å². The van der Waals surface area contributed by atoms with Gasteiger partial charge in [0.1, 0.15) is 6.10 Å². The van der Waals surface area contributed by atoms with E-state index in [1.54, 1.807) is 18.5 Å². The molecule has 5 rings (SSSR count). The number of aromatic nitrogens is 5. The first kappa shape index (κ1) is 23.0. The highest BCUT2D eigenvalue weighted by atomic mass is 32.2. The lowest BCUT2D eigenvalue weighted by Gasteiger charge is -2.35. The molecule has 184 valence electrons. The first-order valence-corrected chi connectivity index (χ1v) is 13.1. The normalized spacial score (nSPS) is 25.6. The van der Waals surface area contributed by atoms with Gasteiger partial charge in [-0.1, -0.05) is 6.92 Å². The molecular formula is C21H27F2N7O3S.